The maximum atomic E-state index is 13.4. The molecule has 0 N–H and O–H groups in total. The molecule has 196 valence electrons. The van der Waals surface area contributed by atoms with Crippen molar-refractivity contribution in [2.24, 2.45) is 56.7 Å². The average Bonchev–Trinajstić information content (AvgIpc) is 3.22. The Bertz CT molecular complexity index is 940. The van der Waals surface area contributed by atoms with Gasteiger partial charge < -0.3 is 4.74 Å². The monoisotopic (exact) mass is 546 g/mol. The Hall–Kier alpha value is -0.640. The number of ketones is 1. The third-order valence-electron chi connectivity index (χ3n) is 13.5. The number of hydrogen-bond donors (Lipinski definition) is 0. The lowest BCUT2D eigenvalue weighted by Crippen LogP contribution is -2.66. The Morgan fingerprint density at radius 1 is 0.943 bits per heavy atom. The lowest BCUT2D eigenvalue weighted by molar-refractivity contribution is -0.235. The molecule has 3 nitrogen and oxygen atoms in total. The van der Waals surface area contributed by atoms with Crippen LogP contribution in [0.4, 0.5) is 0 Å². The van der Waals surface area contributed by atoms with Gasteiger partial charge in [-0.05, 0) is 104 Å². The van der Waals surface area contributed by atoms with Crippen molar-refractivity contribution in [2.45, 2.75) is 98.8 Å². The molecule has 0 spiro atoms. The molecule has 9 atom stereocenters. The van der Waals surface area contributed by atoms with Crippen molar-refractivity contribution >= 4 is 27.7 Å². The van der Waals surface area contributed by atoms with Crippen molar-refractivity contribution < 1.29 is 14.3 Å². The van der Waals surface area contributed by atoms with Crippen molar-refractivity contribution in [3.63, 3.8) is 0 Å². The molecule has 0 amide bonds. The smallest absolute Gasteiger partial charge is 0.312 e. The molecule has 35 heavy (non-hydrogen) atoms. The fourth-order valence-electron chi connectivity index (χ4n) is 11.5. The molecule has 5 saturated carbocycles. The first-order chi connectivity index (χ1) is 16.3. The van der Waals surface area contributed by atoms with Gasteiger partial charge in [-0.25, -0.2) is 0 Å². The summed E-state index contributed by atoms with van der Waals surface area (Å²) in [5.74, 6) is 2.91. The number of esters is 1. The average molecular weight is 548 g/mol. The van der Waals surface area contributed by atoms with E-state index in [1.54, 1.807) is 7.11 Å². The van der Waals surface area contributed by atoms with Gasteiger partial charge in [0.25, 0.3) is 0 Å². The summed E-state index contributed by atoms with van der Waals surface area (Å²) in [6.45, 7) is 16.7. The molecule has 0 aromatic rings. The number of alkyl halides is 1. The van der Waals surface area contributed by atoms with Crippen LogP contribution in [0.2, 0.25) is 0 Å². The van der Waals surface area contributed by atoms with Crippen LogP contribution in [0.3, 0.4) is 0 Å². The summed E-state index contributed by atoms with van der Waals surface area (Å²) in [6.07, 6.45) is 10.7. The largest absolute Gasteiger partial charge is 0.469 e. The fourth-order valence-corrected chi connectivity index (χ4v) is 11.9. The van der Waals surface area contributed by atoms with E-state index in [4.69, 9.17) is 4.74 Å². The minimum atomic E-state index is -0.335. The number of rotatable bonds is 3. The summed E-state index contributed by atoms with van der Waals surface area (Å²) in [5.41, 5.74) is 1.39. The van der Waals surface area contributed by atoms with E-state index in [1.807, 2.05) is 0 Å². The molecule has 4 heteroatoms. The number of carbonyl (C=O) groups is 2. The van der Waals surface area contributed by atoms with Gasteiger partial charge in [0.15, 0.2) is 0 Å². The molecule has 0 radical (unpaired) electrons. The van der Waals surface area contributed by atoms with E-state index in [-0.39, 0.29) is 33.0 Å². The molecule has 5 aliphatic carbocycles. The quantitative estimate of drug-likeness (QED) is 0.206. The molecule has 0 saturated heterocycles. The van der Waals surface area contributed by atoms with E-state index in [9.17, 15) is 9.59 Å². The van der Waals surface area contributed by atoms with E-state index in [2.05, 4.69) is 57.1 Å². The van der Waals surface area contributed by atoms with E-state index in [1.165, 1.54) is 24.8 Å². The molecule has 0 aromatic carbocycles. The van der Waals surface area contributed by atoms with Gasteiger partial charge in [0.1, 0.15) is 5.78 Å². The highest BCUT2D eigenvalue weighted by molar-refractivity contribution is 9.09. The lowest BCUT2D eigenvalue weighted by Gasteiger charge is -2.72. The number of fused-ring (bicyclic) bond motifs is 7. The number of methoxy groups -OCH3 is 1. The number of Topliss-reactive ketones (excluding diaryl/α,β-unsaturated/α-hetero) is 1. The van der Waals surface area contributed by atoms with Crippen LogP contribution in [0.1, 0.15) is 98.8 Å². The summed E-state index contributed by atoms with van der Waals surface area (Å²) < 4.78 is 5.51. The second-order valence-electron chi connectivity index (χ2n) is 14.4. The highest BCUT2D eigenvalue weighted by Crippen LogP contribution is 2.77. The van der Waals surface area contributed by atoms with Crippen molar-refractivity contribution in [1.29, 1.82) is 0 Å². The Balaban J connectivity index is 1.57. The minimum Gasteiger partial charge on any atom is -0.469 e. The van der Waals surface area contributed by atoms with Crippen molar-refractivity contribution in [3.05, 3.63) is 12.2 Å². The predicted octanol–water partition coefficient (Wildman–Crippen LogP) is 7.76. The zero-order valence-corrected chi connectivity index (χ0v) is 24.6. The van der Waals surface area contributed by atoms with Gasteiger partial charge in [-0.1, -0.05) is 62.7 Å². The van der Waals surface area contributed by atoms with E-state index >= 15 is 0 Å². The van der Waals surface area contributed by atoms with Gasteiger partial charge in [-0.2, -0.15) is 0 Å². The number of carbonyl (C=O) groups excluding carboxylic acids is 2. The predicted molar refractivity (Wildman–Crippen MR) is 144 cm³/mol. The minimum absolute atomic E-state index is 0.0323. The standard InChI is InChI=1S/C31H47BrO3/c1-19(18-32)20-10-15-31(26(34)35-7)17-16-29(5)21(25(20)31)8-9-23-28(4)13-12-24(33)27(2,3)22(28)11-14-30(23,29)6/h20-23,25H,1,8-18H2,2-7H3/t20-,21+,22-,23+,25+,28-,29+,30+,31-/m0/s1. The Morgan fingerprint density at radius 3 is 2.31 bits per heavy atom. The van der Waals surface area contributed by atoms with Crippen LogP contribution < -0.4 is 0 Å². The van der Waals surface area contributed by atoms with Crippen molar-refractivity contribution in [1.82, 2.24) is 0 Å². The van der Waals surface area contributed by atoms with Gasteiger partial charge in [-0.3, -0.25) is 9.59 Å². The maximum absolute atomic E-state index is 13.4. The summed E-state index contributed by atoms with van der Waals surface area (Å²) in [6, 6.07) is 0. The van der Waals surface area contributed by atoms with Gasteiger partial charge in [0.2, 0.25) is 0 Å². The molecule has 0 unspecified atom stereocenters. The maximum Gasteiger partial charge on any atom is 0.312 e. The molecule has 0 aliphatic heterocycles. The lowest BCUT2D eigenvalue weighted by atomic mass is 9.32. The number of halogens is 1. The first-order valence-electron chi connectivity index (χ1n) is 14.2. The van der Waals surface area contributed by atoms with Crippen molar-refractivity contribution in [3.8, 4) is 0 Å². The summed E-state index contributed by atoms with van der Waals surface area (Å²) >= 11 is 3.70. The van der Waals surface area contributed by atoms with Crippen LogP contribution in [0, 0.1) is 56.7 Å². The van der Waals surface area contributed by atoms with Crippen LogP contribution in [-0.4, -0.2) is 24.2 Å². The Labute approximate surface area is 221 Å². The van der Waals surface area contributed by atoms with Crippen LogP contribution in [-0.2, 0) is 14.3 Å². The second kappa shape index (κ2) is 8.18. The topological polar surface area (TPSA) is 43.4 Å². The molecule has 0 bridgehead atoms. The second-order valence-corrected chi connectivity index (χ2v) is 15.0. The molecule has 0 heterocycles. The first-order valence-corrected chi connectivity index (χ1v) is 15.3. The number of allylic oxidation sites excluding steroid dienone is 1. The zero-order chi connectivity index (χ0) is 25.6. The molecule has 5 fully saturated rings. The SMILES string of the molecule is C=C(CBr)[C@@H]1CC[C@]2(C(=O)OC)CC[C@]3(C)[C@H](CC[C@@H]4[C@@]5(C)CCC(=O)C(C)(C)[C@@H]5CC[C@]43C)[C@@H]12. The summed E-state index contributed by atoms with van der Waals surface area (Å²) in [5, 5.41) is 0.817. The third kappa shape index (κ3) is 3.13. The highest BCUT2D eigenvalue weighted by Gasteiger charge is 2.72. The van der Waals surface area contributed by atoms with Crippen LogP contribution in [0.15, 0.2) is 12.2 Å². The van der Waals surface area contributed by atoms with Gasteiger partial charge in [0.05, 0.1) is 12.5 Å². The van der Waals surface area contributed by atoms with Crippen LogP contribution in [0.25, 0.3) is 0 Å². The highest BCUT2D eigenvalue weighted by atomic mass is 79.9. The molecule has 5 aliphatic rings. The summed E-state index contributed by atoms with van der Waals surface area (Å²) in [4.78, 5) is 26.4. The first kappa shape index (κ1) is 26.0. The van der Waals surface area contributed by atoms with E-state index in [0.717, 1.165) is 50.3 Å². The summed E-state index contributed by atoms with van der Waals surface area (Å²) in [7, 11) is 1.58. The number of hydrogen-bond acceptors (Lipinski definition) is 3. The van der Waals surface area contributed by atoms with Gasteiger partial charge in [0, 0.05) is 17.2 Å². The van der Waals surface area contributed by atoms with E-state index in [0.29, 0.717) is 35.4 Å². The fraction of sp³-hybridized carbons (Fsp3) is 0.871. The Kier molecular flexibility index (Phi) is 6.07. The van der Waals surface area contributed by atoms with Gasteiger partial charge >= 0.3 is 5.97 Å². The van der Waals surface area contributed by atoms with Gasteiger partial charge in [-0.15, -0.1) is 0 Å². The molecular weight excluding hydrogens is 500 g/mol. The molecule has 0 aromatic heterocycles. The van der Waals surface area contributed by atoms with E-state index < -0.39 is 0 Å². The zero-order valence-electron chi connectivity index (χ0n) is 23.0. The van der Waals surface area contributed by atoms with Crippen molar-refractivity contribution in [2.75, 3.05) is 12.4 Å². The van der Waals surface area contributed by atoms with Crippen LogP contribution in [0.5, 0.6) is 0 Å². The van der Waals surface area contributed by atoms with Crippen LogP contribution >= 0.6 is 15.9 Å². The normalized spacial score (nSPS) is 50.4. The molecule has 5 rings (SSSR count). The molecular formula is C31H47BrO3. The third-order valence-corrected chi connectivity index (χ3v) is 14.2. The Morgan fingerprint density at radius 2 is 1.66 bits per heavy atom. The number of ether oxygens (including phenoxy) is 1.